The van der Waals surface area contributed by atoms with Gasteiger partial charge in [-0.05, 0) is 177 Å². The molecule has 12 atom stereocenters. The van der Waals surface area contributed by atoms with E-state index in [0.29, 0.717) is 48.1 Å². The van der Waals surface area contributed by atoms with Gasteiger partial charge in [0, 0.05) is 109 Å². The van der Waals surface area contributed by atoms with E-state index >= 15 is 9.59 Å². The van der Waals surface area contributed by atoms with Gasteiger partial charge in [-0.1, -0.05) is 149 Å². The lowest BCUT2D eigenvalue weighted by molar-refractivity contribution is -0.155. The Morgan fingerprint density at radius 2 is 0.865 bits per heavy atom. The number of hydrogen-bond acceptors (Lipinski definition) is 17. The monoisotopic (exact) mass is 1510 g/mol. The van der Waals surface area contributed by atoms with Gasteiger partial charge >= 0.3 is 29.8 Å². The number of carbonyl (C=O) groups excluding carboxylic acids is 10. The zero-order valence-electron chi connectivity index (χ0n) is 65.4. The van der Waals surface area contributed by atoms with Crippen LogP contribution >= 0.6 is 0 Å². The van der Waals surface area contributed by atoms with Crippen molar-refractivity contribution in [1.82, 2.24) is 20.9 Å². The Morgan fingerprint density at radius 1 is 0.459 bits per heavy atom. The number of Topliss-reactive ketones (excluding diaryl/α,β-unsaturated/α-hetero) is 1. The minimum absolute atomic E-state index is 0.0603. The third kappa shape index (κ3) is 22.5. The van der Waals surface area contributed by atoms with E-state index in [0.717, 1.165) is 53.0 Å². The largest absolute Gasteiger partial charge is 0.481 e. The smallest absolute Gasteiger partial charge is 0.318 e. The second-order valence-corrected chi connectivity index (χ2v) is 29.4. The third-order valence-electron chi connectivity index (χ3n) is 21.6. The highest BCUT2D eigenvalue weighted by Crippen LogP contribution is 2.50. The highest BCUT2D eigenvalue weighted by atomic mass is 16.6. The SMILES string of the molecule is CCC(c1ccccc1)C(C(=O)NCCCNC(=O)c1ccc(N(C)C)cc1)C(CC(c1ccccc1)C1C(=O)N(CCCNC(=O)c2ccc(N(C)C)cc2)C(=O)C1CC(c1ccccc1)C1C(=O)OC(=O)C1C)C(=O)O.CCC(c1ccccc1)C1C(=O)OC(=O)C1C.CN(C)c1ccc(C(=O)CCCCN)cc1. The molecule has 111 heavy (non-hydrogen) atoms. The average Bonchev–Trinajstić information content (AvgIpc) is 1.62. The zero-order valence-corrected chi connectivity index (χ0v) is 65.4. The summed E-state index contributed by atoms with van der Waals surface area (Å²) < 4.78 is 9.89. The molecule has 12 unspecified atom stereocenters. The Balaban J connectivity index is 0.000000381. The molecule has 3 heterocycles. The Bertz CT molecular complexity index is 4260. The molecule has 3 fully saturated rings. The number of carbonyl (C=O) groups is 11. The van der Waals surface area contributed by atoms with Gasteiger partial charge < -0.3 is 51.0 Å². The van der Waals surface area contributed by atoms with Gasteiger partial charge in [0.05, 0.1) is 47.3 Å². The number of nitrogens with two attached hydrogens (primary N) is 1. The molecular formula is C89H108N8O14. The van der Waals surface area contributed by atoms with E-state index in [2.05, 4.69) is 16.0 Å². The molecule has 588 valence electrons. The van der Waals surface area contributed by atoms with Gasteiger partial charge in [0.25, 0.3) is 11.8 Å². The highest BCUT2D eigenvalue weighted by molar-refractivity contribution is 6.06. The van der Waals surface area contributed by atoms with Gasteiger partial charge in [-0.15, -0.1) is 0 Å². The summed E-state index contributed by atoms with van der Waals surface area (Å²) in [6, 6.07) is 59.0. The van der Waals surface area contributed by atoms with E-state index in [9.17, 15) is 48.3 Å². The lowest BCUT2D eigenvalue weighted by atomic mass is 9.66. The van der Waals surface area contributed by atoms with Crippen LogP contribution in [0.15, 0.2) is 194 Å². The van der Waals surface area contributed by atoms with Crippen LogP contribution in [-0.4, -0.2) is 150 Å². The first-order valence-electron chi connectivity index (χ1n) is 38.5. The Kier molecular flexibility index (Phi) is 32.0. The maximum atomic E-state index is 15.5. The maximum Gasteiger partial charge on any atom is 0.318 e. The number of nitrogens with zero attached hydrogens (tertiary/aromatic N) is 4. The molecular weight excluding hydrogens is 1410 g/mol. The first kappa shape index (κ1) is 85.5. The predicted octanol–water partition coefficient (Wildman–Crippen LogP) is 12.3. The van der Waals surface area contributed by atoms with Crippen LogP contribution in [0.3, 0.4) is 0 Å². The zero-order chi connectivity index (χ0) is 80.4. The number of likely N-dealkylation sites (tertiary alicyclic amines) is 1. The van der Waals surface area contributed by atoms with E-state index in [1.165, 1.54) is 4.90 Å². The fourth-order valence-electron chi connectivity index (χ4n) is 15.4. The van der Waals surface area contributed by atoms with Gasteiger partial charge in [0.1, 0.15) is 0 Å². The Labute approximate surface area is 652 Å². The number of aliphatic carboxylic acids is 1. The minimum Gasteiger partial charge on any atom is -0.481 e. The van der Waals surface area contributed by atoms with Crippen LogP contribution in [-0.2, 0) is 47.8 Å². The predicted molar refractivity (Wildman–Crippen MR) is 429 cm³/mol. The number of unbranched alkanes of at least 4 members (excludes halogenated alkanes) is 1. The molecule has 22 nitrogen and oxygen atoms in total. The molecule has 0 saturated carbocycles. The van der Waals surface area contributed by atoms with Crippen molar-refractivity contribution >= 4 is 82.2 Å². The Morgan fingerprint density at radius 3 is 1.27 bits per heavy atom. The van der Waals surface area contributed by atoms with Crippen molar-refractivity contribution in [3.05, 3.63) is 233 Å². The van der Waals surface area contributed by atoms with Crippen LogP contribution in [0.1, 0.15) is 162 Å². The summed E-state index contributed by atoms with van der Waals surface area (Å²) in [6.07, 6.45) is 3.82. The number of rotatable bonds is 35. The van der Waals surface area contributed by atoms with Crippen molar-refractivity contribution in [2.24, 2.45) is 53.1 Å². The van der Waals surface area contributed by atoms with E-state index in [1.54, 1.807) is 80.6 Å². The van der Waals surface area contributed by atoms with Gasteiger partial charge in [-0.25, -0.2) is 0 Å². The molecule has 3 saturated heterocycles. The van der Waals surface area contributed by atoms with Gasteiger partial charge in [-0.3, -0.25) is 57.6 Å². The summed E-state index contributed by atoms with van der Waals surface area (Å²) in [4.78, 5) is 155. The number of benzene rings is 7. The normalized spacial score (nSPS) is 18.8. The molecule has 0 radical (unpaired) electrons. The molecule has 7 aromatic carbocycles. The summed E-state index contributed by atoms with van der Waals surface area (Å²) in [6.45, 7) is 8.35. The molecule has 0 bridgehead atoms. The van der Waals surface area contributed by atoms with Crippen molar-refractivity contribution in [1.29, 1.82) is 0 Å². The number of amides is 5. The minimum atomic E-state index is -1.41. The van der Waals surface area contributed by atoms with Crippen LogP contribution in [0.2, 0.25) is 0 Å². The molecule has 7 aromatic rings. The first-order chi connectivity index (χ1) is 53.3. The quantitative estimate of drug-likeness (QED) is 0.00810. The van der Waals surface area contributed by atoms with Crippen molar-refractivity contribution < 1.29 is 67.3 Å². The molecule has 22 heteroatoms. The molecule has 0 aromatic heterocycles. The van der Waals surface area contributed by atoms with E-state index in [4.69, 9.17) is 15.2 Å². The Hall–Kier alpha value is -11.1. The number of carboxylic acids is 1. The molecule has 10 rings (SSSR count). The topological polar surface area (TPSA) is 302 Å². The van der Waals surface area contributed by atoms with Crippen LogP contribution in [0.4, 0.5) is 17.1 Å². The summed E-state index contributed by atoms with van der Waals surface area (Å²) >= 11 is 0. The van der Waals surface area contributed by atoms with Crippen molar-refractivity contribution in [3.63, 3.8) is 0 Å². The molecule has 0 spiro atoms. The fraction of sp³-hybridized carbons (Fsp3) is 0.404. The number of imide groups is 1. The highest BCUT2D eigenvalue weighted by Gasteiger charge is 2.56. The molecule has 6 N–H and O–H groups in total. The second-order valence-electron chi connectivity index (χ2n) is 29.4. The van der Waals surface area contributed by atoms with E-state index in [-0.39, 0.29) is 86.8 Å². The summed E-state index contributed by atoms with van der Waals surface area (Å²) in [5.41, 5.74) is 13.2. The number of ether oxygens (including phenoxy) is 2. The van der Waals surface area contributed by atoms with Crippen LogP contribution in [0.5, 0.6) is 0 Å². The number of anilines is 3. The number of cyclic esters (lactones) is 4. The van der Waals surface area contributed by atoms with E-state index in [1.807, 2.05) is 198 Å². The summed E-state index contributed by atoms with van der Waals surface area (Å²) in [7, 11) is 11.6. The van der Waals surface area contributed by atoms with Gasteiger partial charge in [0.15, 0.2) is 5.78 Å². The lowest BCUT2D eigenvalue weighted by Crippen LogP contribution is -2.43. The van der Waals surface area contributed by atoms with Crippen molar-refractivity contribution in [2.45, 2.75) is 109 Å². The number of ketones is 1. The van der Waals surface area contributed by atoms with Crippen LogP contribution in [0.25, 0.3) is 0 Å². The molecule has 5 amide bonds. The standard InChI is InChI=1S/C62H72N6O10.C14H16O3.C13H20N2O/c1-7-47(40-19-11-8-12-20-40)53(57(71)65-34-17-33-63-55(69)43-25-29-45(30-26-43)66(3)4)51(60(74)75)38-49(42-23-15-10-16-24-42)54-50(37-48(41-21-13-9-14-22-41)52-39(2)61(76)78-62(52)77)58(72)68(59(54)73)36-18-35-64-56(70)44-27-31-46(32-28-44)67(5)6;1-3-11(10-7-5-4-6-8-10)12-9(2)13(15)17-14(12)16;1-15(2)12-8-6-11(7-9-12)13(16)5-3-4-10-14/h8-16,19-32,39,47-54H,7,17-18,33-38H2,1-6H3,(H,63,69)(H,64,70)(H,65,71)(H,74,75);4-9,11-12H,3H2,1-2H3;6-9H,3-5,10,14H2,1-2H3. The molecule has 3 aliphatic heterocycles. The van der Waals surface area contributed by atoms with Crippen LogP contribution in [0, 0.1) is 47.3 Å². The maximum absolute atomic E-state index is 15.5. The van der Waals surface area contributed by atoms with Gasteiger partial charge in [-0.2, -0.15) is 0 Å². The van der Waals surface area contributed by atoms with Crippen molar-refractivity contribution in [2.75, 3.05) is 89.7 Å². The molecule has 3 aliphatic rings. The fourth-order valence-corrected chi connectivity index (χ4v) is 15.4. The van der Waals surface area contributed by atoms with Crippen LogP contribution < -0.4 is 36.4 Å². The number of hydrogen-bond donors (Lipinski definition) is 5. The number of nitrogens with one attached hydrogen (secondary N) is 3. The molecule has 0 aliphatic carbocycles. The lowest BCUT2D eigenvalue weighted by Gasteiger charge is -2.35. The summed E-state index contributed by atoms with van der Waals surface area (Å²) in [5.74, 6) is -15.2. The van der Waals surface area contributed by atoms with Gasteiger partial charge in [0.2, 0.25) is 17.7 Å². The number of carboxylic acid groups (broad SMARTS) is 1. The number of esters is 4. The average molecular weight is 1510 g/mol. The van der Waals surface area contributed by atoms with Crippen molar-refractivity contribution in [3.8, 4) is 0 Å². The third-order valence-corrected chi connectivity index (χ3v) is 21.6. The first-order valence-corrected chi connectivity index (χ1v) is 38.5. The van der Waals surface area contributed by atoms with E-state index < -0.39 is 94.9 Å². The summed E-state index contributed by atoms with van der Waals surface area (Å²) in [5, 5.41) is 20.3. The second kappa shape index (κ2) is 41.6.